The molecule has 29 heavy (non-hydrogen) atoms. The van der Waals surface area contributed by atoms with Crippen molar-refractivity contribution in [3.8, 4) is 11.5 Å². The number of rotatable bonds is 5. The molecule has 2 unspecified atom stereocenters. The molecule has 4 atom stereocenters. The van der Waals surface area contributed by atoms with Crippen LogP contribution in [0.15, 0.2) is 18.2 Å². The average Bonchev–Trinajstić information content (AvgIpc) is 2.64. The van der Waals surface area contributed by atoms with Crippen molar-refractivity contribution < 1.29 is 28.9 Å². The lowest BCUT2D eigenvalue weighted by Gasteiger charge is -2.60. The lowest BCUT2D eigenvalue weighted by Crippen LogP contribution is -2.56. The van der Waals surface area contributed by atoms with Gasteiger partial charge >= 0.3 is 5.97 Å². The first-order chi connectivity index (χ1) is 13.9. The van der Waals surface area contributed by atoms with Crippen LogP contribution in [0.5, 0.6) is 11.5 Å². The summed E-state index contributed by atoms with van der Waals surface area (Å²) in [6.45, 7) is 0.663. The van der Waals surface area contributed by atoms with Crippen molar-refractivity contribution in [2.45, 2.75) is 50.5 Å². The number of benzene rings is 1. The van der Waals surface area contributed by atoms with Crippen LogP contribution in [-0.2, 0) is 14.3 Å². The van der Waals surface area contributed by atoms with E-state index < -0.39 is 5.60 Å². The van der Waals surface area contributed by atoms with E-state index >= 15 is 0 Å². The van der Waals surface area contributed by atoms with Crippen LogP contribution in [0.1, 0.15) is 44.9 Å². The van der Waals surface area contributed by atoms with E-state index in [2.05, 4.69) is 5.32 Å². The monoisotopic (exact) mass is 401 g/mol. The minimum absolute atomic E-state index is 0.151. The van der Waals surface area contributed by atoms with Crippen LogP contribution in [0, 0.1) is 17.3 Å². The molecule has 1 heterocycles. The van der Waals surface area contributed by atoms with Gasteiger partial charge in [-0.1, -0.05) is 0 Å². The number of hydrogen-bond acceptors (Lipinski definition) is 6. The third-order valence-corrected chi connectivity index (χ3v) is 6.86. The fraction of sp³-hybridized carbons (Fsp3) is 0.636. The third-order valence-electron chi connectivity index (χ3n) is 6.86. The molecule has 4 bridgehead atoms. The molecule has 0 saturated heterocycles. The number of aliphatic hydroxyl groups is 1. The Morgan fingerprint density at radius 3 is 2.55 bits per heavy atom. The van der Waals surface area contributed by atoms with E-state index in [0.717, 1.165) is 25.7 Å². The molecule has 7 nitrogen and oxygen atoms in total. The first-order valence-electron chi connectivity index (χ1n) is 10.5. The predicted octanol–water partition coefficient (Wildman–Crippen LogP) is 2.66. The number of carbonyl (C=O) groups excluding carboxylic acids is 2. The van der Waals surface area contributed by atoms with Crippen LogP contribution in [0.4, 0.5) is 5.69 Å². The molecule has 0 radical (unpaired) electrons. The van der Waals surface area contributed by atoms with Gasteiger partial charge in [-0.15, -0.1) is 0 Å². The number of fused-ring (bicyclic) bond motifs is 1. The topological polar surface area (TPSA) is 94.1 Å². The molecule has 7 heteroatoms. The standard InChI is InChI=1S/C22H27NO6/c24-19(23-16-1-2-17-18(6-16)28-4-3-27-17)12-29-20(25)11-21-7-14-5-15(8-21)10-22(26,9-14)13-21/h1-2,6,14-15,26H,3-5,7-13H2,(H,23,24)/t14-,15+,21?,22?. The highest BCUT2D eigenvalue weighted by molar-refractivity contribution is 5.93. The molecule has 2 N–H and O–H groups in total. The summed E-state index contributed by atoms with van der Waals surface area (Å²) < 4.78 is 16.2. The smallest absolute Gasteiger partial charge is 0.306 e. The Morgan fingerprint density at radius 1 is 1.10 bits per heavy atom. The predicted molar refractivity (Wildman–Crippen MR) is 104 cm³/mol. The molecule has 5 aliphatic rings. The van der Waals surface area contributed by atoms with Gasteiger partial charge in [-0.25, -0.2) is 0 Å². The molecule has 4 aliphatic carbocycles. The highest BCUT2D eigenvalue weighted by Gasteiger charge is 2.57. The van der Waals surface area contributed by atoms with Crippen molar-refractivity contribution in [3.05, 3.63) is 18.2 Å². The number of carbonyl (C=O) groups is 2. The Morgan fingerprint density at radius 2 is 1.83 bits per heavy atom. The van der Waals surface area contributed by atoms with E-state index in [4.69, 9.17) is 14.2 Å². The lowest BCUT2D eigenvalue weighted by atomic mass is 9.47. The zero-order valence-corrected chi connectivity index (χ0v) is 16.4. The number of esters is 1. The average molecular weight is 401 g/mol. The maximum absolute atomic E-state index is 12.5. The second kappa shape index (κ2) is 6.90. The van der Waals surface area contributed by atoms with Gasteiger partial charge in [0.2, 0.25) is 0 Å². The Balaban J connectivity index is 1.14. The van der Waals surface area contributed by atoms with Crippen LogP contribution >= 0.6 is 0 Å². The van der Waals surface area contributed by atoms with Crippen LogP contribution in [0.25, 0.3) is 0 Å². The molecular weight excluding hydrogens is 374 g/mol. The van der Waals surface area contributed by atoms with Gasteiger partial charge in [0.1, 0.15) is 13.2 Å². The Labute approximate surface area is 169 Å². The van der Waals surface area contributed by atoms with E-state index in [1.165, 1.54) is 6.42 Å². The summed E-state index contributed by atoms with van der Waals surface area (Å²) in [5.74, 6) is 1.54. The van der Waals surface area contributed by atoms with E-state index in [9.17, 15) is 14.7 Å². The molecule has 156 valence electrons. The molecule has 0 aromatic heterocycles. The number of hydrogen-bond donors (Lipinski definition) is 2. The van der Waals surface area contributed by atoms with Crippen molar-refractivity contribution in [2.24, 2.45) is 17.3 Å². The van der Waals surface area contributed by atoms with Gasteiger partial charge in [-0.2, -0.15) is 0 Å². The Bertz CT molecular complexity index is 823. The fourth-order valence-electron chi connectivity index (χ4n) is 6.43. The summed E-state index contributed by atoms with van der Waals surface area (Å²) in [5.41, 5.74) is -0.180. The largest absolute Gasteiger partial charge is 0.486 e. The molecule has 1 aromatic rings. The summed E-state index contributed by atoms with van der Waals surface area (Å²) in [4.78, 5) is 24.7. The molecular formula is C22H27NO6. The minimum Gasteiger partial charge on any atom is -0.486 e. The van der Waals surface area contributed by atoms with Crippen LogP contribution in [-0.4, -0.2) is 42.4 Å². The van der Waals surface area contributed by atoms with E-state index in [1.54, 1.807) is 18.2 Å². The molecule has 6 rings (SSSR count). The third kappa shape index (κ3) is 3.80. The molecule has 4 saturated carbocycles. The molecule has 0 spiro atoms. The highest BCUT2D eigenvalue weighted by Crippen LogP contribution is 2.62. The van der Waals surface area contributed by atoms with E-state index in [0.29, 0.717) is 55.1 Å². The first-order valence-corrected chi connectivity index (χ1v) is 10.5. The lowest BCUT2D eigenvalue weighted by molar-refractivity contribution is -0.177. The summed E-state index contributed by atoms with van der Waals surface area (Å²) >= 11 is 0. The molecule has 1 aliphatic heterocycles. The van der Waals surface area contributed by atoms with Crippen molar-refractivity contribution in [2.75, 3.05) is 25.1 Å². The van der Waals surface area contributed by atoms with Crippen molar-refractivity contribution in [1.82, 2.24) is 0 Å². The van der Waals surface area contributed by atoms with Gasteiger partial charge in [-0.05, 0) is 67.9 Å². The van der Waals surface area contributed by atoms with Crippen LogP contribution in [0.2, 0.25) is 0 Å². The Kier molecular flexibility index (Phi) is 4.46. The van der Waals surface area contributed by atoms with Crippen LogP contribution < -0.4 is 14.8 Å². The highest BCUT2D eigenvalue weighted by atomic mass is 16.6. The van der Waals surface area contributed by atoms with Gasteiger partial charge in [-0.3, -0.25) is 9.59 Å². The minimum atomic E-state index is -0.597. The number of ether oxygens (including phenoxy) is 3. The maximum Gasteiger partial charge on any atom is 0.306 e. The quantitative estimate of drug-likeness (QED) is 0.737. The SMILES string of the molecule is O=C(COC(=O)CC12C[C@@H]3C[C@@H](CC(O)(C3)C1)C2)Nc1ccc2c(c1)OCCO2. The summed E-state index contributed by atoms with van der Waals surface area (Å²) in [6, 6.07) is 5.17. The first kappa shape index (κ1) is 18.7. The van der Waals surface area contributed by atoms with Gasteiger partial charge in [0, 0.05) is 11.8 Å². The summed E-state index contributed by atoms with van der Waals surface area (Å²) in [5, 5.41) is 13.5. The van der Waals surface area contributed by atoms with Crippen LogP contribution in [0.3, 0.4) is 0 Å². The number of anilines is 1. The molecule has 4 fully saturated rings. The van der Waals surface area contributed by atoms with Gasteiger partial charge in [0.15, 0.2) is 18.1 Å². The zero-order chi connectivity index (χ0) is 20.1. The normalized spacial score (nSPS) is 34.0. The van der Waals surface area contributed by atoms with Crippen molar-refractivity contribution in [1.29, 1.82) is 0 Å². The van der Waals surface area contributed by atoms with Crippen molar-refractivity contribution in [3.63, 3.8) is 0 Å². The molecule has 1 amide bonds. The second-order valence-electron chi connectivity index (χ2n) is 9.43. The Hall–Kier alpha value is -2.28. The number of nitrogens with one attached hydrogen (secondary N) is 1. The van der Waals surface area contributed by atoms with Gasteiger partial charge in [0.25, 0.3) is 5.91 Å². The number of amides is 1. The van der Waals surface area contributed by atoms with E-state index in [-0.39, 0.29) is 23.9 Å². The fourth-order valence-corrected chi connectivity index (χ4v) is 6.43. The summed E-state index contributed by atoms with van der Waals surface area (Å²) in [6.07, 6.45) is 5.88. The second-order valence-corrected chi connectivity index (χ2v) is 9.43. The summed E-state index contributed by atoms with van der Waals surface area (Å²) in [7, 11) is 0. The van der Waals surface area contributed by atoms with Crippen molar-refractivity contribution >= 4 is 17.6 Å². The van der Waals surface area contributed by atoms with Gasteiger partial charge in [0.05, 0.1) is 12.0 Å². The molecule has 1 aromatic carbocycles. The van der Waals surface area contributed by atoms with E-state index in [1.807, 2.05) is 0 Å². The maximum atomic E-state index is 12.5. The zero-order valence-electron chi connectivity index (χ0n) is 16.4. The van der Waals surface area contributed by atoms with Gasteiger partial charge < -0.3 is 24.6 Å².